The number of thiophene rings is 1. The first kappa shape index (κ1) is 9.25. The molecule has 0 N–H and O–H groups in total. The Morgan fingerprint density at radius 1 is 1.07 bits per heavy atom. The van der Waals surface area contributed by atoms with E-state index in [0.29, 0.717) is 0 Å². The maximum absolute atomic E-state index is 2.28. The molecule has 0 spiro atoms. The van der Waals surface area contributed by atoms with E-state index in [1.54, 1.807) is 0 Å². The third-order valence-electron chi connectivity index (χ3n) is 2.54. The van der Waals surface area contributed by atoms with Crippen LogP contribution < -0.4 is 0 Å². The quantitative estimate of drug-likeness (QED) is 0.628. The monoisotopic (exact) mass is 230 g/mol. The van der Waals surface area contributed by atoms with Gasteiger partial charge < -0.3 is 0 Å². The molecule has 2 heterocycles. The van der Waals surface area contributed by atoms with Crippen molar-refractivity contribution in [1.29, 1.82) is 0 Å². The van der Waals surface area contributed by atoms with Gasteiger partial charge in [-0.3, -0.25) is 0 Å². The SMILES string of the molecule is CC1=Cc2ccsc2Sc2ccccc21. The lowest BCUT2D eigenvalue weighted by atomic mass is 10.1. The van der Waals surface area contributed by atoms with Crippen molar-refractivity contribution in [2.45, 2.75) is 16.0 Å². The van der Waals surface area contributed by atoms with Gasteiger partial charge in [0.2, 0.25) is 0 Å². The van der Waals surface area contributed by atoms with Gasteiger partial charge in [-0.1, -0.05) is 30.0 Å². The molecule has 1 aromatic carbocycles. The molecule has 2 aromatic rings. The van der Waals surface area contributed by atoms with Gasteiger partial charge in [0.15, 0.2) is 0 Å². The lowest BCUT2D eigenvalue weighted by Crippen LogP contribution is -1.80. The van der Waals surface area contributed by atoms with E-state index in [0.717, 1.165) is 0 Å². The number of fused-ring (bicyclic) bond motifs is 2. The minimum Gasteiger partial charge on any atom is -0.136 e. The van der Waals surface area contributed by atoms with Crippen LogP contribution in [0.1, 0.15) is 18.1 Å². The first-order valence-electron chi connectivity index (χ1n) is 4.87. The Morgan fingerprint density at radius 2 is 1.93 bits per heavy atom. The summed E-state index contributed by atoms with van der Waals surface area (Å²) in [6.45, 7) is 2.19. The highest BCUT2D eigenvalue weighted by Crippen LogP contribution is 2.42. The van der Waals surface area contributed by atoms with Crippen molar-refractivity contribution in [3.63, 3.8) is 0 Å². The van der Waals surface area contributed by atoms with Crippen molar-refractivity contribution < 1.29 is 0 Å². The van der Waals surface area contributed by atoms with Gasteiger partial charge in [-0.2, -0.15) is 0 Å². The van der Waals surface area contributed by atoms with E-state index in [-0.39, 0.29) is 0 Å². The van der Waals surface area contributed by atoms with E-state index in [9.17, 15) is 0 Å². The van der Waals surface area contributed by atoms with Gasteiger partial charge in [0, 0.05) is 4.90 Å². The van der Waals surface area contributed by atoms with Gasteiger partial charge in [-0.15, -0.1) is 11.3 Å². The summed E-state index contributed by atoms with van der Waals surface area (Å²) < 4.78 is 1.40. The zero-order chi connectivity index (χ0) is 10.3. The van der Waals surface area contributed by atoms with Crippen LogP contribution in [0.25, 0.3) is 11.6 Å². The molecule has 0 aliphatic carbocycles. The summed E-state index contributed by atoms with van der Waals surface area (Å²) in [6.07, 6.45) is 2.28. The van der Waals surface area contributed by atoms with Crippen molar-refractivity contribution >= 4 is 34.7 Å². The van der Waals surface area contributed by atoms with Gasteiger partial charge >= 0.3 is 0 Å². The molecule has 0 radical (unpaired) electrons. The first-order valence-corrected chi connectivity index (χ1v) is 6.57. The molecular formula is C13H10S2. The zero-order valence-electron chi connectivity index (χ0n) is 8.36. The van der Waals surface area contributed by atoms with E-state index in [2.05, 4.69) is 48.7 Å². The number of benzene rings is 1. The fourth-order valence-electron chi connectivity index (χ4n) is 1.79. The lowest BCUT2D eigenvalue weighted by molar-refractivity contribution is 1.39. The Bertz CT molecular complexity index is 535. The smallest absolute Gasteiger partial charge is 0.0719 e. The van der Waals surface area contributed by atoms with Crippen molar-refractivity contribution in [2.24, 2.45) is 0 Å². The number of hydrogen-bond acceptors (Lipinski definition) is 2. The molecule has 1 aliphatic rings. The highest BCUT2D eigenvalue weighted by atomic mass is 32.2. The van der Waals surface area contributed by atoms with Crippen molar-refractivity contribution in [1.82, 2.24) is 0 Å². The maximum Gasteiger partial charge on any atom is 0.0719 e. The Balaban J connectivity index is 2.26. The summed E-state index contributed by atoms with van der Waals surface area (Å²) in [4.78, 5) is 1.37. The largest absolute Gasteiger partial charge is 0.136 e. The number of allylic oxidation sites excluding steroid dienone is 1. The fraction of sp³-hybridized carbons (Fsp3) is 0.0769. The topological polar surface area (TPSA) is 0 Å². The lowest BCUT2D eigenvalue weighted by Gasteiger charge is -2.04. The molecule has 0 nitrogen and oxygen atoms in total. The molecule has 0 atom stereocenters. The van der Waals surface area contributed by atoms with Gasteiger partial charge in [-0.25, -0.2) is 0 Å². The molecule has 0 bridgehead atoms. The molecule has 2 heteroatoms. The molecule has 15 heavy (non-hydrogen) atoms. The van der Waals surface area contributed by atoms with Crippen LogP contribution in [0.3, 0.4) is 0 Å². The predicted molar refractivity (Wildman–Crippen MR) is 68.4 cm³/mol. The normalized spacial score (nSPS) is 13.8. The second-order valence-electron chi connectivity index (χ2n) is 3.59. The first-order chi connectivity index (χ1) is 7.34. The summed E-state index contributed by atoms with van der Waals surface area (Å²) in [7, 11) is 0. The van der Waals surface area contributed by atoms with E-state index in [4.69, 9.17) is 0 Å². The Kier molecular flexibility index (Phi) is 2.19. The number of hydrogen-bond donors (Lipinski definition) is 0. The molecule has 0 fully saturated rings. The standard InChI is InChI=1S/C13H10S2/c1-9-8-10-6-7-14-13(10)15-12-5-3-2-4-11(9)12/h2-8H,1H3. The van der Waals surface area contributed by atoms with Crippen molar-refractivity contribution in [3.05, 3.63) is 46.8 Å². The minimum absolute atomic E-state index is 1.36. The van der Waals surface area contributed by atoms with E-state index < -0.39 is 0 Å². The van der Waals surface area contributed by atoms with Crippen LogP contribution in [-0.2, 0) is 0 Å². The maximum atomic E-state index is 2.28. The average molecular weight is 230 g/mol. The molecule has 74 valence electrons. The molecule has 0 unspecified atom stereocenters. The predicted octanol–water partition coefficient (Wildman–Crippen LogP) is 4.77. The van der Waals surface area contributed by atoms with Crippen LogP contribution in [-0.4, -0.2) is 0 Å². The summed E-state index contributed by atoms with van der Waals surface area (Å²) in [6, 6.07) is 10.8. The summed E-state index contributed by atoms with van der Waals surface area (Å²) >= 11 is 3.70. The highest BCUT2D eigenvalue weighted by molar-refractivity contribution is 8.01. The molecule has 3 rings (SSSR count). The Hall–Kier alpha value is -0.990. The average Bonchev–Trinajstić information content (AvgIpc) is 2.61. The molecule has 1 aromatic heterocycles. The second-order valence-corrected chi connectivity index (χ2v) is 5.82. The third kappa shape index (κ3) is 1.54. The molecule has 0 saturated heterocycles. The van der Waals surface area contributed by atoms with Crippen LogP contribution >= 0.6 is 23.1 Å². The second kappa shape index (κ2) is 3.54. The Morgan fingerprint density at radius 3 is 2.87 bits per heavy atom. The van der Waals surface area contributed by atoms with Crippen LogP contribution in [0.15, 0.2) is 44.8 Å². The fourth-order valence-corrected chi connectivity index (χ4v) is 3.95. The van der Waals surface area contributed by atoms with Gasteiger partial charge in [0.1, 0.15) is 0 Å². The molecule has 1 aliphatic heterocycles. The summed E-state index contributed by atoms with van der Waals surface area (Å²) in [5.41, 5.74) is 4.08. The van der Waals surface area contributed by atoms with Crippen LogP contribution in [0, 0.1) is 0 Å². The minimum atomic E-state index is 1.36. The van der Waals surface area contributed by atoms with E-state index in [1.807, 2.05) is 23.1 Å². The molecular weight excluding hydrogens is 220 g/mol. The zero-order valence-corrected chi connectivity index (χ0v) is 9.99. The van der Waals surface area contributed by atoms with Crippen LogP contribution in [0.4, 0.5) is 0 Å². The summed E-state index contributed by atoms with van der Waals surface area (Å²) in [5, 5.41) is 2.16. The number of rotatable bonds is 0. The van der Waals surface area contributed by atoms with Gasteiger partial charge in [0.25, 0.3) is 0 Å². The Labute approximate surface area is 97.7 Å². The highest BCUT2D eigenvalue weighted by Gasteiger charge is 2.13. The van der Waals surface area contributed by atoms with Crippen LogP contribution in [0.2, 0.25) is 0 Å². The van der Waals surface area contributed by atoms with Crippen molar-refractivity contribution in [3.8, 4) is 0 Å². The third-order valence-corrected chi connectivity index (χ3v) is 4.80. The van der Waals surface area contributed by atoms with Crippen LogP contribution in [0.5, 0.6) is 0 Å². The van der Waals surface area contributed by atoms with E-state index >= 15 is 0 Å². The molecule has 0 amide bonds. The van der Waals surface area contributed by atoms with Gasteiger partial charge in [-0.05, 0) is 47.2 Å². The van der Waals surface area contributed by atoms with Gasteiger partial charge in [0.05, 0.1) is 4.21 Å². The van der Waals surface area contributed by atoms with E-state index in [1.165, 1.54) is 25.8 Å². The van der Waals surface area contributed by atoms with Crippen molar-refractivity contribution in [2.75, 3.05) is 0 Å². The molecule has 0 saturated carbocycles. The summed E-state index contributed by atoms with van der Waals surface area (Å²) in [5.74, 6) is 0.